The van der Waals surface area contributed by atoms with Crippen LogP contribution in [0.5, 0.6) is 5.75 Å². The van der Waals surface area contributed by atoms with Crippen molar-refractivity contribution < 1.29 is 9.13 Å². The molecular weight excluding hydrogens is 303 g/mol. The van der Waals surface area contributed by atoms with Gasteiger partial charge in [0.2, 0.25) is 0 Å². The summed E-state index contributed by atoms with van der Waals surface area (Å²) < 4.78 is 18.9. The van der Waals surface area contributed by atoms with E-state index in [1.807, 2.05) is 31.2 Å². The minimum absolute atomic E-state index is 0.224. The van der Waals surface area contributed by atoms with Crippen molar-refractivity contribution in [2.75, 3.05) is 13.2 Å². The fraction of sp³-hybridized carbons (Fsp3) is 0.300. The second-order valence-electron chi connectivity index (χ2n) is 5.87. The number of aromatic amines is 1. The first-order valence-electron chi connectivity index (χ1n) is 8.46. The Labute approximate surface area is 141 Å². The molecule has 24 heavy (non-hydrogen) atoms. The smallest absolute Gasteiger partial charge is 0.123 e. The SMILES string of the molecule is CCOc1ccc2[nH]c(-c3ccc(F)cc3)c(CCCCN)c2c1. The maximum atomic E-state index is 13.3. The first-order chi connectivity index (χ1) is 11.7. The lowest BCUT2D eigenvalue weighted by Gasteiger charge is -2.06. The monoisotopic (exact) mass is 326 g/mol. The number of unbranched alkanes of at least 4 members (excludes halogenated alkanes) is 1. The third-order valence-corrected chi connectivity index (χ3v) is 4.20. The van der Waals surface area contributed by atoms with Crippen molar-refractivity contribution >= 4 is 10.9 Å². The molecule has 2 aromatic carbocycles. The zero-order valence-electron chi connectivity index (χ0n) is 13.9. The summed E-state index contributed by atoms with van der Waals surface area (Å²) in [5, 5.41) is 1.16. The van der Waals surface area contributed by atoms with Crippen molar-refractivity contribution in [3.8, 4) is 17.0 Å². The third kappa shape index (κ3) is 3.44. The number of nitrogens with one attached hydrogen (secondary N) is 1. The van der Waals surface area contributed by atoms with Crippen molar-refractivity contribution in [2.45, 2.75) is 26.2 Å². The van der Waals surface area contributed by atoms with Gasteiger partial charge in [0.1, 0.15) is 11.6 Å². The van der Waals surface area contributed by atoms with Crippen molar-refractivity contribution in [1.82, 2.24) is 4.98 Å². The minimum Gasteiger partial charge on any atom is -0.494 e. The average molecular weight is 326 g/mol. The summed E-state index contributed by atoms with van der Waals surface area (Å²) in [6.07, 6.45) is 2.94. The van der Waals surface area contributed by atoms with E-state index in [9.17, 15) is 4.39 Å². The fourth-order valence-corrected chi connectivity index (χ4v) is 3.05. The highest BCUT2D eigenvalue weighted by Gasteiger charge is 2.14. The Bertz CT molecular complexity index is 808. The first kappa shape index (κ1) is 16.5. The highest BCUT2D eigenvalue weighted by atomic mass is 19.1. The maximum Gasteiger partial charge on any atom is 0.123 e. The quantitative estimate of drug-likeness (QED) is 0.621. The van der Waals surface area contributed by atoms with Crippen LogP contribution >= 0.6 is 0 Å². The molecule has 1 aromatic heterocycles. The highest BCUT2D eigenvalue weighted by Crippen LogP contribution is 2.33. The number of rotatable bonds is 7. The molecule has 3 rings (SSSR count). The van der Waals surface area contributed by atoms with E-state index >= 15 is 0 Å². The first-order valence-corrected chi connectivity index (χ1v) is 8.46. The van der Waals surface area contributed by atoms with Crippen LogP contribution in [0, 0.1) is 5.82 Å². The standard InChI is InChI=1S/C20H23FN2O/c1-2-24-16-10-11-19-18(13-16)17(5-3-4-12-22)20(23-19)14-6-8-15(21)9-7-14/h6-11,13,23H,2-5,12,22H2,1H3. The van der Waals surface area contributed by atoms with E-state index in [-0.39, 0.29) is 5.82 Å². The fourth-order valence-electron chi connectivity index (χ4n) is 3.05. The van der Waals surface area contributed by atoms with E-state index in [4.69, 9.17) is 10.5 Å². The van der Waals surface area contributed by atoms with Crippen LogP contribution in [0.3, 0.4) is 0 Å². The molecule has 0 saturated carbocycles. The van der Waals surface area contributed by atoms with Gasteiger partial charge < -0.3 is 15.5 Å². The molecule has 0 fully saturated rings. The molecule has 0 spiro atoms. The Morgan fingerprint density at radius 2 is 1.88 bits per heavy atom. The molecule has 0 aliphatic heterocycles. The average Bonchev–Trinajstić information content (AvgIpc) is 2.94. The van der Waals surface area contributed by atoms with Gasteiger partial charge in [-0.25, -0.2) is 4.39 Å². The second kappa shape index (κ2) is 7.49. The number of nitrogens with two attached hydrogens (primary N) is 1. The second-order valence-corrected chi connectivity index (χ2v) is 5.87. The molecule has 1 heterocycles. The van der Waals surface area contributed by atoms with Crippen LogP contribution in [0.4, 0.5) is 4.39 Å². The van der Waals surface area contributed by atoms with E-state index in [1.165, 1.54) is 17.7 Å². The van der Waals surface area contributed by atoms with E-state index in [0.29, 0.717) is 13.2 Å². The lowest BCUT2D eigenvalue weighted by molar-refractivity contribution is 0.340. The number of hydrogen-bond acceptors (Lipinski definition) is 2. The van der Waals surface area contributed by atoms with Crippen molar-refractivity contribution in [3.63, 3.8) is 0 Å². The zero-order chi connectivity index (χ0) is 16.9. The summed E-state index contributed by atoms with van der Waals surface area (Å²) in [5.41, 5.74) is 10.00. The van der Waals surface area contributed by atoms with Gasteiger partial charge in [0.15, 0.2) is 0 Å². The minimum atomic E-state index is -0.224. The topological polar surface area (TPSA) is 51.0 Å². The molecule has 0 amide bonds. The van der Waals surface area contributed by atoms with Crippen molar-refractivity contribution in [1.29, 1.82) is 0 Å². The molecule has 0 aliphatic rings. The Kier molecular flexibility index (Phi) is 5.16. The number of H-pyrrole nitrogens is 1. The molecule has 126 valence electrons. The summed E-state index contributed by atoms with van der Waals surface area (Å²) in [7, 11) is 0. The molecule has 4 heteroatoms. The summed E-state index contributed by atoms with van der Waals surface area (Å²) in [4.78, 5) is 3.49. The van der Waals surface area contributed by atoms with Gasteiger partial charge >= 0.3 is 0 Å². The predicted octanol–water partition coefficient (Wildman–Crippen LogP) is 4.65. The van der Waals surface area contributed by atoms with Crippen LogP contribution in [-0.4, -0.2) is 18.1 Å². The number of aromatic nitrogens is 1. The Balaban J connectivity index is 2.08. The number of hydrogen-bond donors (Lipinski definition) is 2. The molecule has 3 aromatic rings. The lowest BCUT2D eigenvalue weighted by atomic mass is 10.00. The van der Waals surface area contributed by atoms with E-state index in [1.54, 1.807) is 0 Å². The van der Waals surface area contributed by atoms with Crippen LogP contribution in [0.25, 0.3) is 22.2 Å². The summed E-state index contributed by atoms with van der Waals surface area (Å²) in [6.45, 7) is 3.31. The predicted molar refractivity (Wildman–Crippen MR) is 96.9 cm³/mol. The van der Waals surface area contributed by atoms with Gasteiger partial charge in [-0.15, -0.1) is 0 Å². The van der Waals surface area contributed by atoms with Gasteiger partial charge in [-0.2, -0.15) is 0 Å². The highest BCUT2D eigenvalue weighted by molar-refractivity contribution is 5.91. The molecule has 0 radical (unpaired) electrons. The van der Waals surface area contributed by atoms with E-state index in [0.717, 1.165) is 47.2 Å². The number of fused-ring (bicyclic) bond motifs is 1. The molecule has 0 atom stereocenters. The molecular formula is C20H23FN2O. The Morgan fingerprint density at radius 3 is 2.58 bits per heavy atom. The van der Waals surface area contributed by atoms with Gasteiger partial charge in [0.25, 0.3) is 0 Å². The van der Waals surface area contributed by atoms with Gasteiger partial charge in [-0.1, -0.05) is 0 Å². The van der Waals surface area contributed by atoms with Crippen molar-refractivity contribution in [2.24, 2.45) is 5.73 Å². The summed E-state index contributed by atoms with van der Waals surface area (Å²) in [5.74, 6) is 0.646. The molecule has 0 aliphatic carbocycles. The van der Waals surface area contributed by atoms with Crippen LogP contribution in [0.2, 0.25) is 0 Å². The van der Waals surface area contributed by atoms with Crippen LogP contribution in [0.1, 0.15) is 25.3 Å². The lowest BCUT2D eigenvalue weighted by Crippen LogP contribution is -1.99. The molecule has 3 N–H and O–H groups in total. The Morgan fingerprint density at radius 1 is 1.08 bits per heavy atom. The van der Waals surface area contributed by atoms with E-state index in [2.05, 4.69) is 11.1 Å². The van der Waals surface area contributed by atoms with Crippen LogP contribution < -0.4 is 10.5 Å². The largest absolute Gasteiger partial charge is 0.494 e. The number of halogens is 1. The zero-order valence-corrected chi connectivity index (χ0v) is 13.9. The van der Waals surface area contributed by atoms with E-state index < -0.39 is 0 Å². The van der Waals surface area contributed by atoms with Gasteiger partial charge in [-0.3, -0.25) is 0 Å². The third-order valence-electron chi connectivity index (χ3n) is 4.20. The van der Waals surface area contributed by atoms with Gasteiger partial charge in [0.05, 0.1) is 6.61 Å². The molecule has 3 nitrogen and oxygen atoms in total. The maximum absolute atomic E-state index is 13.3. The Hall–Kier alpha value is -2.33. The number of aryl methyl sites for hydroxylation is 1. The molecule has 0 unspecified atom stereocenters. The number of benzene rings is 2. The molecule has 0 bridgehead atoms. The summed E-state index contributed by atoms with van der Waals surface area (Å²) in [6, 6.07) is 12.7. The van der Waals surface area contributed by atoms with Crippen LogP contribution in [0.15, 0.2) is 42.5 Å². The molecule has 0 saturated heterocycles. The van der Waals surface area contributed by atoms with Gasteiger partial charge in [0, 0.05) is 16.6 Å². The normalized spacial score (nSPS) is 11.1. The van der Waals surface area contributed by atoms with Crippen LogP contribution in [-0.2, 0) is 6.42 Å². The van der Waals surface area contributed by atoms with Crippen molar-refractivity contribution in [3.05, 3.63) is 53.8 Å². The number of ether oxygens (including phenoxy) is 1. The summed E-state index contributed by atoms with van der Waals surface area (Å²) >= 11 is 0. The van der Waals surface area contributed by atoms with Gasteiger partial charge in [-0.05, 0) is 86.3 Å².